The summed E-state index contributed by atoms with van der Waals surface area (Å²) in [5, 5.41) is 3.31. The van der Waals surface area contributed by atoms with Gasteiger partial charge in [-0.15, -0.1) is 0 Å². The highest BCUT2D eigenvalue weighted by atomic mass is 35.5. The Balaban J connectivity index is 1.66. The van der Waals surface area contributed by atoms with E-state index in [4.69, 9.17) is 22.1 Å². The average molecular weight is 331 g/mol. The van der Waals surface area contributed by atoms with Gasteiger partial charge in [-0.1, -0.05) is 60.2 Å². The molecule has 0 aromatic heterocycles. The molecular formula is C18H19ClN2O2. The molecule has 0 spiro atoms. The lowest BCUT2D eigenvalue weighted by Crippen LogP contribution is -2.24. The van der Waals surface area contributed by atoms with Crippen LogP contribution in [0, 0.1) is 0 Å². The summed E-state index contributed by atoms with van der Waals surface area (Å²) in [6.07, 6.45) is 4.10. The SMILES string of the molecule is Nc1ccc(C=CCCNC(=O)OCc2ccccc2)c(Cl)c1. The third kappa shape index (κ3) is 6.04. The molecule has 2 rings (SSSR count). The predicted octanol–water partition coefficient (Wildman–Crippen LogP) is 4.25. The van der Waals surface area contributed by atoms with Gasteiger partial charge in [0.25, 0.3) is 0 Å². The van der Waals surface area contributed by atoms with E-state index in [2.05, 4.69) is 5.32 Å². The first-order chi connectivity index (χ1) is 11.1. The van der Waals surface area contributed by atoms with Crippen LogP contribution >= 0.6 is 11.6 Å². The van der Waals surface area contributed by atoms with Crippen molar-refractivity contribution in [2.75, 3.05) is 12.3 Å². The fourth-order valence-electron chi connectivity index (χ4n) is 1.92. The van der Waals surface area contributed by atoms with Gasteiger partial charge < -0.3 is 15.8 Å². The number of halogens is 1. The first kappa shape index (κ1) is 16.9. The quantitative estimate of drug-likeness (QED) is 0.614. The number of anilines is 1. The van der Waals surface area contributed by atoms with Crippen molar-refractivity contribution in [3.63, 3.8) is 0 Å². The Kier molecular flexibility index (Phi) is 6.51. The number of amides is 1. The zero-order chi connectivity index (χ0) is 16.5. The molecule has 0 unspecified atom stereocenters. The summed E-state index contributed by atoms with van der Waals surface area (Å²) in [6, 6.07) is 14.9. The summed E-state index contributed by atoms with van der Waals surface area (Å²) in [7, 11) is 0. The Labute approximate surface area is 140 Å². The predicted molar refractivity (Wildman–Crippen MR) is 94.1 cm³/mol. The zero-order valence-corrected chi connectivity index (χ0v) is 13.4. The average Bonchev–Trinajstić information content (AvgIpc) is 2.55. The molecule has 0 heterocycles. The van der Waals surface area contributed by atoms with Gasteiger partial charge in [0.2, 0.25) is 0 Å². The van der Waals surface area contributed by atoms with E-state index in [0.717, 1.165) is 11.1 Å². The maximum atomic E-state index is 11.5. The molecule has 2 aromatic rings. The summed E-state index contributed by atoms with van der Waals surface area (Å²) in [6.45, 7) is 0.764. The Bertz CT molecular complexity index is 672. The molecule has 23 heavy (non-hydrogen) atoms. The first-order valence-corrected chi connectivity index (χ1v) is 7.69. The van der Waals surface area contributed by atoms with Gasteiger partial charge in [0.05, 0.1) is 0 Å². The number of alkyl carbamates (subject to hydrolysis) is 1. The molecule has 1 amide bonds. The second kappa shape index (κ2) is 8.86. The van der Waals surface area contributed by atoms with E-state index in [9.17, 15) is 4.79 Å². The molecule has 4 nitrogen and oxygen atoms in total. The molecule has 2 aromatic carbocycles. The maximum absolute atomic E-state index is 11.5. The van der Waals surface area contributed by atoms with Crippen LogP contribution in [0.5, 0.6) is 0 Å². The van der Waals surface area contributed by atoms with Crippen LogP contribution in [0.1, 0.15) is 17.5 Å². The molecule has 0 saturated heterocycles. The van der Waals surface area contributed by atoms with Gasteiger partial charge in [-0.2, -0.15) is 0 Å². The highest BCUT2D eigenvalue weighted by Crippen LogP contribution is 2.20. The Hall–Kier alpha value is -2.46. The standard InChI is InChI=1S/C18H19ClN2O2/c19-17-12-16(20)10-9-15(17)8-4-5-11-21-18(22)23-13-14-6-2-1-3-7-14/h1-4,6-10,12H,5,11,13,20H2,(H,21,22). The van der Waals surface area contributed by atoms with Crippen LogP contribution < -0.4 is 11.1 Å². The van der Waals surface area contributed by atoms with Crippen LogP contribution in [0.15, 0.2) is 54.6 Å². The number of ether oxygens (including phenoxy) is 1. The van der Waals surface area contributed by atoms with Crippen molar-refractivity contribution in [2.45, 2.75) is 13.0 Å². The summed E-state index contributed by atoms with van der Waals surface area (Å²) < 4.78 is 5.12. The summed E-state index contributed by atoms with van der Waals surface area (Å²) in [5.41, 5.74) is 8.13. The topological polar surface area (TPSA) is 64.3 Å². The number of nitrogens with one attached hydrogen (secondary N) is 1. The summed E-state index contributed by atoms with van der Waals surface area (Å²) in [5.74, 6) is 0. The molecule has 0 atom stereocenters. The smallest absolute Gasteiger partial charge is 0.407 e. The second-order valence-corrected chi connectivity index (χ2v) is 5.37. The normalized spacial score (nSPS) is 10.7. The number of benzene rings is 2. The van der Waals surface area contributed by atoms with Crippen molar-refractivity contribution >= 4 is 29.5 Å². The Morgan fingerprint density at radius 1 is 1.22 bits per heavy atom. The van der Waals surface area contributed by atoms with Gasteiger partial charge in [-0.3, -0.25) is 0 Å². The van der Waals surface area contributed by atoms with Crippen LogP contribution in [-0.2, 0) is 11.3 Å². The van der Waals surface area contributed by atoms with E-state index in [-0.39, 0.29) is 6.61 Å². The van der Waals surface area contributed by atoms with Crippen LogP contribution in [0.3, 0.4) is 0 Å². The number of hydrogen-bond donors (Lipinski definition) is 2. The van der Waals surface area contributed by atoms with Crippen LogP contribution in [-0.4, -0.2) is 12.6 Å². The minimum Gasteiger partial charge on any atom is -0.445 e. The third-order valence-electron chi connectivity index (χ3n) is 3.12. The first-order valence-electron chi connectivity index (χ1n) is 7.31. The monoisotopic (exact) mass is 330 g/mol. The van der Waals surface area contributed by atoms with Crippen LogP contribution in [0.2, 0.25) is 5.02 Å². The van der Waals surface area contributed by atoms with Crippen LogP contribution in [0.4, 0.5) is 10.5 Å². The number of carbonyl (C=O) groups is 1. The highest BCUT2D eigenvalue weighted by Gasteiger charge is 2.01. The molecule has 0 aliphatic heterocycles. The van der Waals surface area contributed by atoms with Gasteiger partial charge in [-0.05, 0) is 29.7 Å². The number of nitrogen functional groups attached to an aromatic ring is 1. The van der Waals surface area contributed by atoms with Crippen molar-refractivity contribution in [1.29, 1.82) is 0 Å². The highest BCUT2D eigenvalue weighted by molar-refractivity contribution is 6.32. The van der Waals surface area contributed by atoms with E-state index in [0.29, 0.717) is 23.7 Å². The van der Waals surface area contributed by atoms with Crippen molar-refractivity contribution < 1.29 is 9.53 Å². The molecule has 0 fully saturated rings. The molecule has 0 radical (unpaired) electrons. The minimum absolute atomic E-state index is 0.267. The number of rotatable bonds is 6. The number of carbonyl (C=O) groups excluding carboxylic acids is 1. The molecular weight excluding hydrogens is 312 g/mol. The molecule has 0 aliphatic rings. The lowest BCUT2D eigenvalue weighted by atomic mass is 10.2. The van der Waals surface area contributed by atoms with E-state index in [1.54, 1.807) is 12.1 Å². The lowest BCUT2D eigenvalue weighted by Gasteiger charge is -2.06. The van der Waals surface area contributed by atoms with E-state index < -0.39 is 6.09 Å². The molecule has 0 bridgehead atoms. The molecule has 5 heteroatoms. The summed E-state index contributed by atoms with van der Waals surface area (Å²) in [4.78, 5) is 11.5. The zero-order valence-electron chi connectivity index (χ0n) is 12.7. The maximum Gasteiger partial charge on any atom is 0.407 e. The molecule has 0 aliphatic carbocycles. The largest absolute Gasteiger partial charge is 0.445 e. The Morgan fingerprint density at radius 2 is 2.00 bits per heavy atom. The van der Waals surface area contributed by atoms with Crippen LogP contribution in [0.25, 0.3) is 6.08 Å². The van der Waals surface area contributed by atoms with Gasteiger partial charge in [0.15, 0.2) is 0 Å². The molecule has 0 saturated carbocycles. The van der Waals surface area contributed by atoms with Crippen molar-refractivity contribution in [3.05, 3.63) is 70.8 Å². The lowest BCUT2D eigenvalue weighted by molar-refractivity contribution is 0.140. The fraction of sp³-hybridized carbons (Fsp3) is 0.167. The van der Waals surface area contributed by atoms with Gasteiger partial charge in [-0.25, -0.2) is 4.79 Å². The van der Waals surface area contributed by atoms with E-state index >= 15 is 0 Å². The fourth-order valence-corrected chi connectivity index (χ4v) is 2.17. The van der Waals surface area contributed by atoms with E-state index in [1.807, 2.05) is 48.6 Å². The van der Waals surface area contributed by atoms with Gasteiger partial charge in [0, 0.05) is 17.3 Å². The second-order valence-electron chi connectivity index (χ2n) is 4.96. The number of hydrogen-bond acceptors (Lipinski definition) is 3. The third-order valence-corrected chi connectivity index (χ3v) is 3.44. The number of nitrogens with two attached hydrogens (primary N) is 1. The Morgan fingerprint density at radius 3 is 2.74 bits per heavy atom. The molecule has 120 valence electrons. The van der Waals surface area contributed by atoms with Crippen molar-refractivity contribution in [1.82, 2.24) is 5.32 Å². The van der Waals surface area contributed by atoms with Crippen molar-refractivity contribution in [3.8, 4) is 0 Å². The van der Waals surface area contributed by atoms with Gasteiger partial charge in [0.1, 0.15) is 6.61 Å². The van der Waals surface area contributed by atoms with Gasteiger partial charge >= 0.3 is 6.09 Å². The minimum atomic E-state index is -0.423. The summed E-state index contributed by atoms with van der Waals surface area (Å²) >= 11 is 6.07. The molecule has 3 N–H and O–H groups in total. The van der Waals surface area contributed by atoms with E-state index in [1.165, 1.54) is 0 Å². The van der Waals surface area contributed by atoms with Crippen molar-refractivity contribution in [2.24, 2.45) is 0 Å².